The van der Waals surface area contributed by atoms with E-state index in [0.717, 1.165) is 11.4 Å². The Morgan fingerprint density at radius 3 is 2.53 bits per heavy atom. The molecule has 0 fully saturated rings. The smallest absolute Gasteiger partial charge is 0.215 e. The first-order chi connectivity index (χ1) is 7.95. The number of rotatable bonds is 6. The molecule has 0 spiro atoms. The molecule has 96 valence electrons. The topological polar surface area (TPSA) is 74.3 Å². The highest BCUT2D eigenvalue weighted by Gasteiger charge is 2.12. The van der Waals surface area contributed by atoms with Gasteiger partial charge in [-0.3, -0.25) is 4.98 Å². The third-order valence-electron chi connectivity index (χ3n) is 2.27. The van der Waals surface area contributed by atoms with Crippen molar-refractivity contribution in [3.05, 3.63) is 18.5 Å². The quantitative estimate of drug-likeness (QED) is 0.774. The fraction of sp³-hybridized carbons (Fsp3) is 0.500. The molecule has 0 saturated heterocycles. The maximum absolute atomic E-state index is 11.5. The number of hydrogen-bond acceptors (Lipinski definition) is 5. The highest BCUT2D eigenvalue weighted by atomic mass is 32.2. The van der Waals surface area contributed by atoms with Crippen LogP contribution < -0.4 is 10.6 Å². The van der Waals surface area contributed by atoms with Gasteiger partial charge in [0.05, 0.1) is 29.5 Å². The van der Waals surface area contributed by atoms with Crippen molar-refractivity contribution < 1.29 is 8.42 Å². The van der Waals surface area contributed by atoms with Crippen molar-refractivity contribution in [1.29, 1.82) is 0 Å². The molecule has 0 bridgehead atoms. The van der Waals surface area contributed by atoms with Crippen LogP contribution in [0.25, 0.3) is 0 Å². The molecule has 0 aliphatic rings. The minimum absolute atomic E-state index is 0.0593. The van der Waals surface area contributed by atoms with Gasteiger partial charge < -0.3 is 10.6 Å². The maximum Gasteiger partial charge on any atom is 0.215 e. The lowest BCUT2D eigenvalue weighted by atomic mass is 10.3. The van der Waals surface area contributed by atoms with E-state index >= 15 is 0 Å². The molecule has 1 aromatic rings. The monoisotopic (exact) mass is 258 g/mol. The summed E-state index contributed by atoms with van der Waals surface area (Å²) >= 11 is 0. The molecule has 1 aromatic heterocycles. The molecule has 7 heteroatoms. The summed E-state index contributed by atoms with van der Waals surface area (Å²) in [5.41, 5.74) is 1.68. The van der Waals surface area contributed by atoms with Crippen LogP contribution in [0.15, 0.2) is 18.5 Å². The van der Waals surface area contributed by atoms with Gasteiger partial charge in [0.1, 0.15) is 0 Å². The third-order valence-corrected chi connectivity index (χ3v) is 4.11. The van der Waals surface area contributed by atoms with E-state index in [1.165, 1.54) is 18.4 Å². The highest BCUT2D eigenvalue weighted by Crippen LogP contribution is 2.11. The van der Waals surface area contributed by atoms with Crippen molar-refractivity contribution in [3.8, 4) is 0 Å². The average Bonchev–Trinajstić information content (AvgIpc) is 2.29. The Kier molecular flexibility index (Phi) is 4.71. The number of nitrogens with zero attached hydrogens (tertiary/aromatic N) is 2. The van der Waals surface area contributed by atoms with E-state index < -0.39 is 10.0 Å². The fourth-order valence-corrected chi connectivity index (χ4v) is 1.91. The predicted molar refractivity (Wildman–Crippen MR) is 69.7 cm³/mol. The largest absolute Gasteiger partial charge is 0.387 e. The van der Waals surface area contributed by atoms with Crippen LogP contribution in [0.5, 0.6) is 0 Å². The molecular weight excluding hydrogens is 240 g/mol. The number of aromatic nitrogens is 1. The van der Waals surface area contributed by atoms with Crippen molar-refractivity contribution in [2.45, 2.75) is 0 Å². The number of nitrogens with one attached hydrogen (secondary N) is 2. The Morgan fingerprint density at radius 1 is 1.29 bits per heavy atom. The number of pyridine rings is 1. The molecule has 0 saturated carbocycles. The molecule has 6 nitrogen and oxygen atoms in total. The Labute approximate surface area is 102 Å². The number of sulfonamides is 1. The van der Waals surface area contributed by atoms with E-state index in [1.54, 1.807) is 19.4 Å². The normalized spacial score (nSPS) is 11.5. The number of hydrogen-bond donors (Lipinski definition) is 2. The SMILES string of the molecule is CNc1cncc(NCCS(=O)(=O)N(C)C)c1. The number of anilines is 2. The maximum atomic E-state index is 11.5. The van der Waals surface area contributed by atoms with Gasteiger partial charge in [-0.1, -0.05) is 0 Å². The van der Waals surface area contributed by atoms with Crippen molar-refractivity contribution in [2.24, 2.45) is 0 Å². The summed E-state index contributed by atoms with van der Waals surface area (Å²) in [6.07, 6.45) is 3.35. The van der Waals surface area contributed by atoms with Crippen molar-refractivity contribution >= 4 is 21.4 Å². The van der Waals surface area contributed by atoms with Crippen LogP contribution in [0.3, 0.4) is 0 Å². The second kappa shape index (κ2) is 5.83. The van der Waals surface area contributed by atoms with Gasteiger partial charge in [0, 0.05) is 27.7 Å². The molecule has 0 amide bonds. The highest BCUT2D eigenvalue weighted by molar-refractivity contribution is 7.89. The zero-order chi connectivity index (χ0) is 12.9. The summed E-state index contributed by atoms with van der Waals surface area (Å²) in [5.74, 6) is 0.0593. The van der Waals surface area contributed by atoms with E-state index in [1.807, 2.05) is 6.07 Å². The van der Waals surface area contributed by atoms with E-state index in [-0.39, 0.29) is 5.75 Å². The summed E-state index contributed by atoms with van der Waals surface area (Å²) in [5, 5.41) is 5.99. The van der Waals surface area contributed by atoms with Crippen LogP contribution in [-0.4, -0.2) is 51.1 Å². The molecule has 1 rings (SSSR count). The van der Waals surface area contributed by atoms with Gasteiger partial charge in [0.15, 0.2) is 0 Å². The van der Waals surface area contributed by atoms with Crippen LogP contribution in [0.1, 0.15) is 0 Å². The molecule has 0 aliphatic carbocycles. The molecule has 0 atom stereocenters. The van der Waals surface area contributed by atoms with Crippen molar-refractivity contribution in [1.82, 2.24) is 9.29 Å². The van der Waals surface area contributed by atoms with Crippen molar-refractivity contribution in [3.63, 3.8) is 0 Å². The lowest BCUT2D eigenvalue weighted by molar-refractivity contribution is 0.521. The molecule has 2 N–H and O–H groups in total. The first-order valence-corrected chi connectivity index (χ1v) is 6.83. The summed E-state index contributed by atoms with van der Waals surface area (Å²) in [6, 6.07) is 1.87. The molecule has 1 heterocycles. The molecule has 0 unspecified atom stereocenters. The summed E-state index contributed by atoms with van der Waals surface area (Å²) in [4.78, 5) is 4.02. The van der Waals surface area contributed by atoms with E-state index in [0.29, 0.717) is 6.54 Å². The fourth-order valence-electron chi connectivity index (χ4n) is 1.18. The first-order valence-electron chi connectivity index (χ1n) is 5.22. The zero-order valence-electron chi connectivity index (χ0n) is 10.3. The van der Waals surface area contributed by atoms with Gasteiger partial charge in [0.25, 0.3) is 0 Å². The van der Waals surface area contributed by atoms with Gasteiger partial charge in [-0.05, 0) is 6.07 Å². The molecule has 0 radical (unpaired) electrons. The third kappa shape index (κ3) is 4.20. The van der Waals surface area contributed by atoms with Gasteiger partial charge in [0.2, 0.25) is 10.0 Å². The van der Waals surface area contributed by atoms with Gasteiger partial charge >= 0.3 is 0 Å². The van der Waals surface area contributed by atoms with E-state index in [9.17, 15) is 8.42 Å². The summed E-state index contributed by atoms with van der Waals surface area (Å²) < 4.78 is 24.2. The van der Waals surface area contributed by atoms with E-state index in [4.69, 9.17) is 0 Å². The molecular formula is C10H18N4O2S. The minimum atomic E-state index is -3.15. The lowest BCUT2D eigenvalue weighted by Crippen LogP contribution is -2.28. The van der Waals surface area contributed by atoms with Gasteiger partial charge in [-0.15, -0.1) is 0 Å². The standard InChI is InChI=1S/C10H18N4O2S/c1-11-9-6-10(8-12-7-9)13-4-5-17(15,16)14(2)3/h6-8,11,13H,4-5H2,1-3H3. The minimum Gasteiger partial charge on any atom is -0.387 e. The van der Waals surface area contributed by atoms with Crippen LogP contribution >= 0.6 is 0 Å². The summed E-state index contributed by atoms with van der Waals surface area (Å²) in [6.45, 7) is 0.357. The average molecular weight is 258 g/mol. The Bertz CT molecular complexity index is 459. The van der Waals surface area contributed by atoms with E-state index in [2.05, 4.69) is 15.6 Å². The second-order valence-corrected chi connectivity index (χ2v) is 6.04. The lowest BCUT2D eigenvalue weighted by Gasteiger charge is -2.12. The molecule has 17 heavy (non-hydrogen) atoms. The molecule has 0 aromatic carbocycles. The molecule has 0 aliphatic heterocycles. The van der Waals surface area contributed by atoms with Crippen LogP contribution in [0, 0.1) is 0 Å². The zero-order valence-corrected chi connectivity index (χ0v) is 11.1. The predicted octanol–water partition coefficient (Wildman–Crippen LogP) is 0.427. The van der Waals surface area contributed by atoms with Gasteiger partial charge in [-0.2, -0.15) is 0 Å². The van der Waals surface area contributed by atoms with Crippen molar-refractivity contribution in [2.75, 3.05) is 44.1 Å². The Morgan fingerprint density at radius 2 is 1.94 bits per heavy atom. The van der Waals surface area contributed by atoms with Crippen LogP contribution in [0.4, 0.5) is 11.4 Å². The van der Waals surface area contributed by atoms with Crippen LogP contribution in [-0.2, 0) is 10.0 Å². The first kappa shape index (κ1) is 13.7. The van der Waals surface area contributed by atoms with Crippen LogP contribution in [0.2, 0.25) is 0 Å². The summed E-state index contributed by atoms with van der Waals surface area (Å²) in [7, 11) is 1.71. The Balaban J connectivity index is 2.51. The van der Waals surface area contributed by atoms with Gasteiger partial charge in [-0.25, -0.2) is 12.7 Å². The second-order valence-electron chi connectivity index (χ2n) is 3.74. The Hall–Kier alpha value is -1.34.